The summed E-state index contributed by atoms with van der Waals surface area (Å²) in [6, 6.07) is 4.21. The smallest absolute Gasteiger partial charge is 0.243 e. The summed E-state index contributed by atoms with van der Waals surface area (Å²) in [6.45, 7) is 6.03. The number of nitrogens with zero attached hydrogens (tertiary/aromatic N) is 2. The minimum Gasteiger partial charge on any atom is -0.337 e. The molecule has 4 nitrogen and oxygen atoms in total. The molecule has 2 rings (SSSR count). The first kappa shape index (κ1) is 13.7. The third kappa shape index (κ3) is 3.17. The molecule has 0 aliphatic carbocycles. The molecule has 1 aromatic carbocycles. The van der Waals surface area contributed by atoms with Gasteiger partial charge in [-0.3, -0.25) is 0 Å². The van der Waals surface area contributed by atoms with E-state index in [0.29, 0.717) is 23.2 Å². The molecule has 0 aliphatic rings. The number of aromatic nitrogens is 2. The van der Waals surface area contributed by atoms with Crippen LogP contribution in [-0.4, -0.2) is 10.1 Å². The minimum absolute atomic E-state index is 0.282. The molecule has 2 N–H and O–H groups in total. The van der Waals surface area contributed by atoms with Crippen molar-refractivity contribution in [3.05, 3.63) is 35.5 Å². The van der Waals surface area contributed by atoms with Gasteiger partial charge in [-0.25, -0.2) is 4.39 Å². The maximum absolute atomic E-state index is 13.3. The van der Waals surface area contributed by atoms with E-state index in [2.05, 4.69) is 24.0 Å². The quantitative estimate of drug-likeness (QED) is 0.919. The largest absolute Gasteiger partial charge is 0.337 e. The summed E-state index contributed by atoms with van der Waals surface area (Å²) in [5, 5.41) is 3.88. The lowest BCUT2D eigenvalue weighted by Crippen LogP contribution is -2.13. The van der Waals surface area contributed by atoms with Gasteiger partial charge in [-0.1, -0.05) is 25.1 Å². The molecule has 1 atom stereocenters. The van der Waals surface area contributed by atoms with E-state index in [1.165, 1.54) is 12.1 Å². The first-order chi connectivity index (χ1) is 8.97. The maximum Gasteiger partial charge on any atom is 0.243 e. The highest BCUT2D eigenvalue weighted by Crippen LogP contribution is 2.24. The summed E-state index contributed by atoms with van der Waals surface area (Å²) in [5.74, 6) is 0.901. The predicted molar refractivity (Wildman–Crippen MR) is 70.8 cm³/mol. The Bertz CT molecular complexity index is 566. The van der Waals surface area contributed by atoms with Crippen LogP contribution in [-0.2, 0) is 0 Å². The van der Waals surface area contributed by atoms with Crippen LogP contribution in [0.3, 0.4) is 0 Å². The molecule has 0 unspecified atom stereocenters. The molecule has 5 heteroatoms. The van der Waals surface area contributed by atoms with Crippen LogP contribution < -0.4 is 5.73 Å². The second-order valence-corrected chi connectivity index (χ2v) is 5.15. The van der Waals surface area contributed by atoms with Crippen LogP contribution in [0.25, 0.3) is 11.4 Å². The van der Waals surface area contributed by atoms with Crippen molar-refractivity contribution in [2.24, 2.45) is 11.7 Å². The molecule has 0 fully saturated rings. The Morgan fingerprint density at radius 1 is 1.37 bits per heavy atom. The standard InChI is InChI=1S/C14H18FN3O/c1-8(2)6-12(16)14-17-13(18-19-14)11-7-10(15)5-4-9(11)3/h4-5,7-8,12H,6,16H2,1-3H3/t12-/m1/s1. The average molecular weight is 263 g/mol. The van der Waals surface area contributed by atoms with E-state index in [9.17, 15) is 4.39 Å². The minimum atomic E-state index is -0.321. The number of benzene rings is 1. The molecule has 0 radical (unpaired) electrons. The van der Waals surface area contributed by atoms with Gasteiger partial charge < -0.3 is 10.3 Å². The van der Waals surface area contributed by atoms with Crippen molar-refractivity contribution in [2.45, 2.75) is 33.2 Å². The molecule has 0 saturated carbocycles. The molecule has 19 heavy (non-hydrogen) atoms. The van der Waals surface area contributed by atoms with E-state index in [0.717, 1.165) is 12.0 Å². The van der Waals surface area contributed by atoms with Crippen molar-refractivity contribution >= 4 is 0 Å². The summed E-state index contributed by atoms with van der Waals surface area (Å²) in [5.41, 5.74) is 7.51. The summed E-state index contributed by atoms with van der Waals surface area (Å²) in [7, 11) is 0. The molecular weight excluding hydrogens is 245 g/mol. The van der Waals surface area contributed by atoms with Gasteiger partial charge in [0.05, 0.1) is 6.04 Å². The highest BCUT2D eigenvalue weighted by molar-refractivity contribution is 5.59. The molecule has 0 saturated heterocycles. The molecule has 0 spiro atoms. The first-order valence-corrected chi connectivity index (χ1v) is 6.33. The zero-order valence-corrected chi connectivity index (χ0v) is 11.4. The maximum atomic E-state index is 13.3. The average Bonchev–Trinajstić information content (AvgIpc) is 2.80. The van der Waals surface area contributed by atoms with Gasteiger partial charge in [0.15, 0.2) is 0 Å². The van der Waals surface area contributed by atoms with Crippen LogP contribution >= 0.6 is 0 Å². The molecule has 2 aromatic rings. The molecule has 0 aliphatic heterocycles. The zero-order chi connectivity index (χ0) is 14.0. The Balaban J connectivity index is 2.28. The monoisotopic (exact) mass is 263 g/mol. The normalized spacial score (nSPS) is 12.9. The molecule has 0 bridgehead atoms. The predicted octanol–water partition coefficient (Wildman–Crippen LogP) is 3.23. The molecular formula is C14H18FN3O. The first-order valence-electron chi connectivity index (χ1n) is 6.33. The number of aryl methyl sites for hydroxylation is 1. The fourth-order valence-electron chi connectivity index (χ4n) is 1.94. The molecule has 0 amide bonds. The van der Waals surface area contributed by atoms with Crippen molar-refractivity contribution in [1.82, 2.24) is 10.1 Å². The van der Waals surface area contributed by atoms with Crippen LogP contribution in [0.4, 0.5) is 4.39 Å². The van der Waals surface area contributed by atoms with Crippen LogP contribution in [0.2, 0.25) is 0 Å². The lowest BCUT2D eigenvalue weighted by atomic mass is 10.0. The van der Waals surface area contributed by atoms with Crippen molar-refractivity contribution < 1.29 is 8.91 Å². The Hall–Kier alpha value is -1.75. The summed E-state index contributed by atoms with van der Waals surface area (Å²) in [6.07, 6.45) is 0.768. The summed E-state index contributed by atoms with van der Waals surface area (Å²) < 4.78 is 18.4. The van der Waals surface area contributed by atoms with Gasteiger partial charge in [0.2, 0.25) is 11.7 Å². The lowest BCUT2D eigenvalue weighted by molar-refractivity contribution is 0.335. The van der Waals surface area contributed by atoms with Crippen molar-refractivity contribution in [3.8, 4) is 11.4 Å². The second kappa shape index (κ2) is 5.48. The summed E-state index contributed by atoms with van der Waals surface area (Å²) >= 11 is 0. The van der Waals surface area contributed by atoms with Crippen LogP contribution in [0.1, 0.15) is 37.8 Å². The van der Waals surface area contributed by atoms with E-state index >= 15 is 0 Å². The third-order valence-electron chi connectivity index (χ3n) is 2.92. The topological polar surface area (TPSA) is 64.9 Å². The van der Waals surface area contributed by atoms with E-state index in [1.54, 1.807) is 6.07 Å². The van der Waals surface area contributed by atoms with E-state index in [-0.39, 0.29) is 11.9 Å². The molecule has 102 valence electrons. The van der Waals surface area contributed by atoms with Gasteiger partial charge >= 0.3 is 0 Å². The fraction of sp³-hybridized carbons (Fsp3) is 0.429. The van der Waals surface area contributed by atoms with Crippen LogP contribution in [0, 0.1) is 18.7 Å². The van der Waals surface area contributed by atoms with Crippen molar-refractivity contribution in [3.63, 3.8) is 0 Å². The number of hydrogen-bond donors (Lipinski definition) is 1. The third-order valence-corrected chi connectivity index (χ3v) is 2.92. The number of nitrogens with two attached hydrogens (primary N) is 1. The highest BCUT2D eigenvalue weighted by Gasteiger charge is 2.17. The SMILES string of the molecule is Cc1ccc(F)cc1-c1noc([C@H](N)CC(C)C)n1. The van der Waals surface area contributed by atoms with Gasteiger partial charge in [-0.2, -0.15) is 4.98 Å². The number of rotatable bonds is 4. The van der Waals surface area contributed by atoms with Gasteiger partial charge in [-0.15, -0.1) is 0 Å². The van der Waals surface area contributed by atoms with Gasteiger partial charge in [0.1, 0.15) is 5.82 Å². The van der Waals surface area contributed by atoms with E-state index in [1.807, 2.05) is 6.92 Å². The Labute approximate surface area is 111 Å². The van der Waals surface area contributed by atoms with E-state index in [4.69, 9.17) is 10.3 Å². The lowest BCUT2D eigenvalue weighted by Gasteiger charge is -2.08. The van der Waals surface area contributed by atoms with Gasteiger partial charge in [0, 0.05) is 5.56 Å². The fourth-order valence-corrected chi connectivity index (χ4v) is 1.94. The second-order valence-electron chi connectivity index (χ2n) is 5.15. The number of halogens is 1. The zero-order valence-electron chi connectivity index (χ0n) is 11.4. The Kier molecular flexibility index (Phi) is 3.95. The number of hydrogen-bond acceptors (Lipinski definition) is 4. The highest BCUT2D eigenvalue weighted by atomic mass is 19.1. The Morgan fingerprint density at radius 2 is 2.11 bits per heavy atom. The van der Waals surface area contributed by atoms with Gasteiger partial charge in [0.25, 0.3) is 0 Å². The van der Waals surface area contributed by atoms with Gasteiger partial charge in [-0.05, 0) is 37.0 Å². The molecule has 1 aromatic heterocycles. The van der Waals surface area contributed by atoms with E-state index < -0.39 is 0 Å². The van der Waals surface area contributed by atoms with Crippen LogP contribution in [0.15, 0.2) is 22.7 Å². The Morgan fingerprint density at radius 3 is 2.79 bits per heavy atom. The van der Waals surface area contributed by atoms with Crippen molar-refractivity contribution in [2.75, 3.05) is 0 Å². The van der Waals surface area contributed by atoms with Crippen LogP contribution in [0.5, 0.6) is 0 Å². The van der Waals surface area contributed by atoms with Crippen molar-refractivity contribution in [1.29, 1.82) is 0 Å². The molecule has 1 heterocycles. The summed E-state index contributed by atoms with van der Waals surface area (Å²) in [4.78, 5) is 4.27.